The Labute approximate surface area is 237 Å². The number of amides is 1. The molecule has 1 aromatic heterocycles. The fourth-order valence-electron chi connectivity index (χ4n) is 5.28. The Morgan fingerprint density at radius 2 is 1.56 bits per heavy atom. The molecule has 39 heavy (non-hydrogen) atoms. The molecule has 1 N–H and O–H groups in total. The first-order valence-electron chi connectivity index (χ1n) is 14.0. The standard InChI is InChI=1S/C28H43N3O6S2/c1-5-9-18-31(19-10-6-2,20-11-7-3)24(13-8-4)27(25-16-17-26(38-25)39(35,36)37)29-28(32)22-14-12-15-23(21-22)30(33)34/h12,14-17,21,24,27H,5-11,13,18-20H2,1-4H3,(H-,29,32,35,36,37). The van der Waals surface area contributed by atoms with Gasteiger partial charge in [-0.15, -0.1) is 11.3 Å². The van der Waals surface area contributed by atoms with E-state index in [0.29, 0.717) is 4.88 Å². The van der Waals surface area contributed by atoms with E-state index in [0.717, 1.165) is 86.8 Å². The minimum atomic E-state index is -4.65. The van der Waals surface area contributed by atoms with Crippen LogP contribution in [0.3, 0.4) is 0 Å². The second kappa shape index (κ2) is 15.4. The molecule has 0 bridgehead atoms. The molecule has 0 saturated heterocycles. The first kappa shape index (κ1) is 32.9. The van der Waals surface area contributed by atoms with Gasteiger partial charge in [-0.3, -0.25) is 14.9 Å². The van der Waals surface area contributed by atoms with Crippen LogP contribution < -0.4 is 5.32 Å². The molecule has 2 unspecified atom stereocenters. The van der Waals surface area contributed by atoms with Crippen LogP contribution in [0.2, 0.25) is 0 Å². The minimum absolute atomic E-state index is 0.0665. The summed E-state index contributed by atoms with van der Waals surface area (Å²) in [6, 6.07) is 7.90. The molecule has 0 saturated carbocycles. The van der Waals surface area contributed by atoms with Crippen LogP contribution in [0.5, 0.6) is 0 Å². The summed E-state index contributed by atoms with van der Waals surface area (Å²) in [5, 5.41) is 14.5. The molecule has 0 aliphatic rings. The Balaban J connectivity index is 2.69. The van der Waals surface area contributed by atoms with Gasteiger partial charge in [0.25, 0.3) is 11.6 Å². The average molecular weight is 582 g/mol. The van der Waals surface area contributed by atoms with Gasteiger partial charge in [0.1, 0.15) is 26.4 Å². The van der Waals surface area contributed by atoms with Crippen LogP contribution >= 0.6 is 11.3 Å². The smallest absolute Gasteiger partial charge is 0.270 e. The number of carbonyl (C=O) groups excluding carboxylic acids is 1. The third-order valence-corrected chi connectivity index (χ3v) is 9.76. The summed E-state index contributed by atoms with van der Waals surface area (Å²) in [5.41, 5.74) is -0.0226. The zero-order valence-corrected chi connectivity index (χ0v) is 25.2. The topological polar surface area (TPSA) is 129 Å². The number of nitro benzene ring substituents is 1. The lowest BCUT2D eigenvalue weighted by Gasteiger charge is -2.48. The maximum atomic E-state index is 13.6. The number of non-ortho nitro benzene ring substituents is 1. The molecule has 1 heterocycles. The zero-order chi connectivity index (χ0) is 29.1. The van der Waals surface area contributed by atoms with Gasteiger partial charge >= 0.3 is 0 Å². The van der Waals surface area contributed by atoms with Gasteiger partial charge in [-0.2, -0.15) is 0 Å². The molecule has 11 heteroatoms. The quantitative estimate of drug-likeness (QED) is 0.0936. The molecule has 1 amide bonds. The van der Waals surface area contributed by atoms with Crippen molar-refractivity contribution in [1.82, 2.24) is 5.32 Å². The van der Waals surface area contributed by atoms with Crippen molar-refractivity contribution in [3.8, 4) is 0 Å². The summed E-state index contributed by atoms with van der Waals surface area (Å²) in [5.74, 6) is -0.468. The summed E-state index contributed by atoms with van der Waals surface area (Å²) in [4.78, 5) is 25.0. The number of nitrogens with zero attached hydrogens (tertiary/aromatic N) is 2. The summed E-state index contributed by atoms with van der Waals surface area (Å²) >= 11 is 0.902. The maximum Gasteiger partial charge on any atom is 0.270 e. The number of thiophene rings is 1. The van der Waals surface area contributed by atoms with Crippen LogP contribution in [0.1, 0.15) is 100 Å². The molecular formula is C28H43N3O6S2. The van der Waals surface area contributed by atoms with E-state index < -0.39 is 27.0 Å². The monoisotopic (exact) mass is 581 g/mol. The first-order valence-corrected chi connectivity index (χ1v) is 16.2. The Bertz CT molecular complexity index is 1160. The van der Waals surface area contributed by atoms with Crippen molar-refractivity contribution < 1.29 is 27.2 Å². The molecule has 218 valence electrons. The van der Waals surface area contributed by atoms with Gasteiger partial charge in [0.2, 0.25) is 0 Å². The van der Waals surface area contributed by atoms with E-state index in [-0.39, 0.29) is 21.5 Å². The van der Waals surface area contributed by atoms with E-state index in [2.05, 4.69) is 33.0 Å². The Kier molecular flexibility index (Phi) is 13.0. The largest absolute Gasteiger partial charge is 0.743 e. The van der Waals surface area contributed by atoms with Crippen LogP contribution in [0.15, 0.2) is 40.6 Å². The minimum Gasteiger partial charge on any atom is -0.743 e. The molecule has 1 aromatic carbocycles. The highest BCUT2D eigenvalue weighted by Gasteiger charge is 2.42. The molecule has 2 atom stereocenters. The number of benzene rings is 1. The van der Waals surface area contributed by atoms with Crippen molar-refractivity contribution in [2.75, 3.05) is 19.6 Å². The fourth-order valence-corrected chi connectivity index (χ4v) is 7.06. The van der Waals surface area contributed by atoms with Crippen LogP contribution in [-0.4, -0.2) is 54.0 Å². The molecule has 0 aliphatic carbocycles. The van der Waals surface area contributed by atoms with Crippen molar-refractivity contribution in [3.63, 3.8) is 0 Å². The molecule has 2 aromatic rings. The highest BCUT2D eigenvalue weighted by atomic mass is 32.3. The lowest BCUT2D eigenvalue weighted by atomic mass is 9.94. The van der Waals surface area contributed by atoms with Crippen molar-refractivity contribution >= 4 is 33.0 Å². The Hall–Kier alpha value is -2.34. The van der Waals surface area contributed by atoms with Gasteiger partial charge in [-0.25, -0.2) is 8.42 Å². The van der Waals surface area contributed by atoms with E-state index in [4.69, 9.17) is 0 Å². The molecule has 9 nitrogen and oxygen atoms in total. The van der Waals surface area contributed by atoms with Gasteiger partial charge in [-0.05, 0) is 37.5 Å². The fraction of sp³-hybridized carbons (Fsp3) is 0.607. The predicted molar refractivity (Wildman–Crippen MR) is 154 cm³/mol. The number of quaternary nitrogens is 1. The SMILES string of the molecule is CCCC[N+](CCCC)(CCCC)C(CCC)C(NC(=O)c1cccc([N+](=O)[O-])c1)c1ccc(S(=O)(=O)[O-])s1. The highest BCUT2D eigenvalue weighted by Crippen LogP contribution is 2.37. The Morgan fingerprint density at radius 1 is 0.974 bits per heavy atom. The lowest BCUT2D eigenvalue weighted by molar-refractivity contribution is -0.954. The highest BCUT2D eigenvalue weighted by molar-refractivity contribution is 7.88. The molecule has 2 rings (SSSR count). The van der Waals surface area contributed by atoms with Gasteiger partial charge in [0, 0.05) is 29.0 Å². The van der Waals surface area contributed by atoms with Gasteiger partial charge in [0.05, 0.1) is 24.6 Å². The summed E-state index contributed by atoms with van der Waals surface area (Å²) in [6.45, 7) is 11.4. The van der Waals surface area contributed by atoms with E-state index in [1.54, 1.807) is 6.07 Å². The van der Waals surface area contributed by atoms with E-state index in [1.165, 1.54) is 30.3 Å². The third-order valence-electron chi connectivity index (χ3n) is 7.30. The van der Waals surface area contributed by atoms with Crippen LogP contribution in [0, 0.1) is 10.1 Å². The molecule has 0 fully saturated rings. The lowest BCUT2D eigenvalue weighted by Crippen LogP contribution is -2.61. The molecular weight excluding hydrogens is 538 g/mol. The predicted octanol–water partition coefficient (Wildman–Crippen LogP) is 6.42. The van der Waals surface area contributed by atoms with Gasteiger partial charge < -0.3 is 14.4 Å². The normalized spacial score (nSPS) is 13.7. The summed E-state index contributed by atoms with van der Waals surface area (Å²) in [6.07, 6.45) is 7.78. The van der Waals surface area contributed by atoms with Crippen LogP contribution in [-0.2, 0) is 10.1 Å². The number of carbonyl (C=O) groups is 1. The van der Waals surface area contributed by atoms with Crippen molar-refractivity contribution in [2.24, 2.45) is 0 Å². The van der Waals surface area contributed by atoms with E-state index >= 15 is 0 Å². The maximum absolute atomic E-state index is 13.6. The summed E-state index contributed by atoms with van der Waals surface area (Å²) < 4.78 is 36.0. The van der Waals surface area contributed by atoms with Crippen LogP contribution in [0.4, 0.5) is 5.69 Å². The van der Waals surface area contributed by atoms with Crippen LogP contribution in [0.25, 0.3) is 0 Å². The molecule has 0 aliphatic heterocycles. The average Bonchev–Trinajstić information content (AvgIpc) is 3.41. The van der Waals surface area contributed by atoms with Crippen molar-refractivity contribution in [3.05, 3.63) is 57.0 Å². The number of rotatable bonds is 18. The van der Waals surface area contributed by atoms with E-state index in [1.807, 2.05) is 0 Å². The van der Waals surface area contributed by atoms with Gasteiger partial charge in [0.15, 0.2) is 0 Å². The number of nitro groups is 1. The first-order chi connectivity index (χ1) is 18.5. The van der Waals surface area contributed by atoms with Crippen molar-refractivity contribution in [2.45, 2.75) is 95.4 Å². The number of nitrogens with one attached hydrogen (secondary N) is 1. The number of unbranched alkanes of at least 4 members (excludes halogenated alkanes) is 3. The zero-order valence-electron chi connectivity index (χ0n) is 23.6. The van der Waals surface area contributed by atoms with E-state index in [9.17, 15) is 27.9 Å². The van der Waals surface area contributed by atoms with Crippen molar-refractivity contribution in [1.29, 1.82) is 0 Å². The second-order valence-corrected chi connectivity index (χ2v) is 12.9. The molecule has 0 radical (unpaired) electrons. The number of hydrogen-bond acceptors (Lipinski definition) is 7. The number of hydrogen-bond donors (Lipinski definition) is 1. The Morgan fingerprint density at radius 3 is 2.03 bits per heavy atom. The third kappa shape index (κ3) is 9.09. The van der Waals surface area contributed by atoms with Gasteiger partial charge in [-0.1, -0.05) is 59.4 Å². The second-order valence-electron chi connectivity index (χ2n) is 10.2. The molecule has 0 spiro atoms. The summed E-state index contributed by atoms with van der Waals surface area (Å²) in [7, 11) is -4.65.